The molecular formula is C10H21NO2. The third-order valence-electron chi connectivity index (χ3n) is 2.23. The fourth-order valence-corrected chi connectivity index (χ4v) is 1.44. The van der Waals surface area contributed by atoms with Crippen LogP contribution in [-0.4, -0.2) is 39.5 Å². The first kappa shape index (κ1) is 11.0. The van der Waals surface area contributed by atoms with Crippen molar-refractivity contribution in [3.63, 3.8) is 0 Å². The van der Waals surface area contributed by atoms with Gasteiger partial charge >= 0.3 is 0 Å². The van der Waals surface area contributed by atoms with E-state index in [1.54, 1.807) is 0 Å². The second-order valence-corrected chi connectivity index (χ2v) is 3.55. The van der Waals surface area contributed by atoms with E-state index in [2.05, 4.69) is 12.2 Å². The molecule has 0 saturated carbocycles. The van der Waals surface area contributed by atoms with Gasteiger partial charge in [0, 0.05) is 26.3 Å². The minimum Gasteiger partial charge on any atom is -0.381 e. The van der Waals surface area contributed by atoms with Gasteiger partial charge in [-0.1, -0.05) is 6.92 Å². The van der Waals surface area contributed by atoms with Crippen LogP contribution in [0.3, 0.4) is 0 Å². The van der Waals surface area contributed by atoms with Crippen LogP contribution < -0.4 is 5.32 Å². The van der Waals surface area contributed by atoms with Gasteiger partial charge in [0.15, 0.2) is 0 Å². The predicted octanol–water partition coefficient (Wildman–Crippen LogP) is 1.04. The molecule has 0 aromatic rings. The topological polar surface area (TPSA) is 30.5 Å². The summed E-state index contributed by atoms with van der Waals surface area (Å²) < 4.78 is 10.6. The van der Waals surface area contributed by atoms with Crippen molar-refractivity contribution in [3.8, 4) is 0 Å². The van der Waals surface area contributed by atoms with E-state index in [0.29, 0.717) is 0 Å². The van der Waals surface area contributed by atoms with Crippen LogP contribution in [0.4, 0.5) is 0 Å². The van der Waals surface area contributed by atoms with Gasteiger partial charge in [0.05, 0.1) is 13.2 Å². The van der Waals surface area contributed by atoms with Gasteiger partial charge in [0.2, 0.25) is 0 Å². The Kier molecular flexibility index (Phi) is 6.15. The van der Waals surface area contributed by atoms with Gasteiger partial charge in [-0.05, 0) is 18.8 Å². The Morgan fingerprint density at radius 2 is 2.38 bits per heavy atom. The minimum atomic E-state index is 0.728. The molecule has 1 fully saturated rings. The molecule has 0 radical (unpaired) electrons. The molecule has 1 saturated heterocycles. The van der Waals surface area contributed by atoms with Crippen molar-refractivity contribution in [2.24, 2.45) is 5.92 Å². The molecule has 0 aromatic carbocycles. The maximum Gasteiger partial charge on any atom is 0.0590 e. The Bertz CT molecular complexity index is 113. The third-order valence-corrected chi connectivity index (χ3v) is 2.23. The van der Waals surface area contributed by atoms with Crippen molar-refractivity contribution in [3.05, 3.63) is 0 Å². The molecule has 3 nitrogen and oxygen atoms in total. The summed E-state index contributed by atoms with van der Waals surface area (Å²) in [6.45, 7) is 7.77. The lowest BCUT2D eigenvalue weighted by molar-refractivity contribution is 0.135. The van der Waals surface area contributed by atoms with Crippen molar-refractivity contribution >= 4 is 0 Å². The smallest absolute Gasteiger partial charge is 0.0590 e. The standard InChI is InChI=1S/C10H21NO2/c1-2-5-12-7-4-11-8-10-3-6-13-9-10/h10-11H,2-9H2,1H3. The zero-order chi connectivity index (χ0) is 9.36. The molecule has 0 bridgehead atoms. The summed E-state index contributed by atoms with van der Waals surface area (Å²) in [5.74, 6) is 0.728. The van der Waals surface area contributed by atoms with Crippen LogP contribution in [0.15, 0.2) is 0 Å². The molecule has 13 heavy (non-hydrogen) atoms. The van der Waals surface area contributed by atoms with E-state index < -0.39 is 0 Å². The Labute approximate surface area is 80.8 Å². The van der Waals surface area contributed by atoms with Crippen molar-refractivity contribution in [2.45, 2.75) is 19.8 Å². The molecule has 1 unspecified atom stereocenters. The Morgan fingerprint density at radius 3 is 3.08 bits per heavy atom. The second-order valence-electron chi connectivity index (χ2n) is 3.55. The fourth-order valence-electron chi connectivity index (χ4n) is 1.44. The molecular weight excluding hydrogens is 166 g/mol. The van der Waals surface area contributed by atoms with E-state index in [1.165, 1.54) is 6.42 Å². The molecule has 0 spiro atoms. The maximum atomic E-state index is 5.35. The van der Waals surface area contributed by atoms with E-state index >= 15 is 0 Å². The molecule has 1 aliphatic rings. The van der Waals surface area contributed by atoms with Gasteiger partial charge < -0.3 is 14.8 Å². The summed E-state index contributed by atoms with van der Waals surface area (Å²) in [5.41, 5.74) is 0. The molecule has 0 aliphatic carbocycles. The first-order valence-electron chi connectivity index (χ1n) is 5.29. The molecule has 0 aromatic heterocycles. The summed E-state index contributed by atoms with van der Waals surface area (Å²) in [6.07, 6.45) is 2.32. The van der Waals surface area contributed by atoms with Crippen LogP contribution in [0.5, 0.6) is 0 Å². The highest BCUT2D eigenvalue weighted by Crippen LogP contribution is 2.10. The van der Waals surface area contributed by atoms with Gasteiger partial charge in [-0.15, -0.1) is 0 Å². The van der Waals surface area contributed by atoms with Crippen molar-refractivity contribution in [2.75, 3.05) is 39.5 Å². The molecule has 1 rings (SSSR count). The van der Waals surface area contributed by atoms with Crippen LogP contribution in [-0.2, 0) is 9.47 Å². The molecule has 1 heterocycles. The second kappa shape index (κ2) is 7.30. The average Bonchev–Trinajstić information content (AvgIpc) is 2.63. The highest BCUT2D eigenvalue weighted by Gasteiger charge is 2.14. The number of ether oxygens (including phenoxy) is 2. The number of hydrogen-bond donors (Lipinski definition) is 1. The van der Waals surface area contributed by atoms with Crippen LogP contribution in [0.1, 0.15) is 19.8 Å². The van der Waals surface area contributed by atoms with Gasteiger partial charge in [0.1, 0.15) is 0 Å². The summed E-state index contributed by atoms with van der Waals surface area (Å²) in [7, 11) is 0. The first-order valence-corrected chi connectivity index (χ1v) is 5.29. The summed E-state index contributed by atoms with van der Waals surface area (Å²) in [5, 5.41) is 3.38. The largest absolute Gasteiger partial charge is 0.381 e. The normalized spacial score (nSPS) is 22.4. The Hall–Kier alpha value is -0.120. The molecule has 1 atom stereocenters. The van der Waals surface area contributed by atoms with Crippen LogP contribution >= 0.6 is 0 Å². The van der Waals surface area contributed by atoms with Crippen LogP contribution in [0.25, 0.3) is 0 Å². The average molecular weight is 187 g/mol. The quantitative estimate of drug-likeness (QED) is 0.604. The zero-order valence-corrected chi connectivity index (χ0v) is 8.55. The van der Waals surface area contributed by atoms with Gasteiger partial charge in [-0.25, -0.2) is 0 Å². The minimum absolute atomic E-state index is 0.728. The monoisotopic (exact) mass is 187 g/mol. The highest BCUT2D eigenvalue weighted by atomic mass is 16.5. The maximum absolute atomic E-state index is 5.35. The number of hydrogen-bond acceptors (Lipinski definition) is 3. The lowest BCUT2D eigenvalue weighted by Gasteiger charge is -2.09. The Balaban J connectivity index is 1.78. The van der Waals surface area contributed by atoms with E-state index in [4.69, 9.17) is 9.47 Å². The Morgan fingerprint density at radius 1 is 1.46 bits per heavy atom. The van der Waals surface area contributed by atoms with Gasteiger partial charge in [0.25, 0.3) is 0 Å². The van der Waals surface area contributed by atoms with Crippen LogP contribution in [0, 0.1) is 5.92 Å². The predicted molar refractivity (Wildman–Crippen MR) is 52.9 cm³/mol. The number of rotatable bonds is 7. The van der Waals surface area contributed by atoms with Crippen molar-refractivity contribution < 1.29 is 9.47 Å². The lowest BCUT2D eigenvalue weighted by Crippen LogP contribution is -2.26. The molecule has 1 aliphatic heterocycles. The summed E-state index contributed by atoms with van der Waals surface area (Å²) in [6, 6.07) is 0. The van der Waals surface area contributed by atoms with Crippen molar-refractivity contribution in [1.29, 1.82) is 0 Å². The van der Waals surface area contributed by atoms with Gasteiger partial charge in [-0.2, -0.15) is 0 Å². The molecule has 0 amide bonds. The fraction of sp³-hybridized carbons (Fsp3) is 1.00. The highest BCUT2D eigenvalue weighted by molar-refractivity contribution is 4.66. The lowest BCUT2D eigenvalue weighted by atomic mass is 10.1. The molecule has 1 N–H and O–H groups in total. The summed E-state index contributed by atoms with van der Waals surface area (Å²) in [4.78, 5) is 0. The zero-order valence-electron chi connectivity index (χ0n) is 8.55. The van der Waals surface area contributed by atoms with Crippen molar-refractivity contribution in [1.82, 2.24) is 5.32 Å². The SMILES string of the molecule is CCCOCCNCC1CCOC1. The summed E-state index contributed by atoms with van der Waals surface area (Å²) >= 11 is 0. The van der Waals surface area contributed by atoms with Gasteiger partial charge in [-0.3, -0.25) is 0 Å². The molecule has 78 valence electrons. The first-order chi connectivity index (χ1) is 6.43. The van der Waals surface area contributed by atoms with E-state index in [1.807, 2.05) is 0 Å². The number of nitrogens with one attached hydrogen (secondary N) is 1. The van der Waals surface area contributed by atoms with E-state index in [0.717, 1.165) is 51.9 Å². The van der Waals surface area contributed by atoms with E-state index in [-0.39, 0.29) is 0 Å². The van der Waals surface area contributed by atoms with E-state index in [9.17, 15) is 0 Å². The third kappa shape index (κ3) is 5.24. The van der Waals surface area contributed by atoms with Crippen LogP contribution in [0.2, 0.25) is 0 Å². The molecule has 3 heteroatoms.